The largest absolute Gasteiger partial charge is 0.503 e. The molecule has 4 amide bonds. The van der Waals surface area contributed by atoms with Crippen LogP contribution in [0, 0.1) is 23.7 Å². The van der Waals surface area contributed by atoms with E-state index in [-0.39, 0.29) is 44.8 Å². The number of carbonyl (C=O) groups excluding carboxylic acids is 5. The number of nitrogens with zero attached hydrogens (tertiary/aromatic N) is 3. The number of amides is 4. The van der Waals surface area contributed by atoms with Crippen LogP contribution in [0.25, 0.3) is 0 Å². The highest BCUT2D eigenvalue weighted by Crippen LogP contribution is 2.66. The molecule has 4 aliphatic rings. The zero-order valence-corrected chi connectivity index (χ0v) is 37.7. The van der Waals surface area contributed by atoms with E-state index in [1.807, 2.05) is 6.08 Å². The van der Waals surface area contributed by atoms with Crippen LogP contribution in [0.3, 0.4) is 0 Å². The van der Waals surface area contributed by atoms with Crippen LogP contribution < -0.4 is 15.1 Å². The quantitative estimate of drug-likeness (QED) is 0.0881. The number of benzene rings is 4. The molecule has 5 aromatic rings. The predicted molar refractivity (Wildman–Crippen MR) is 236 cm³/mol. The highest BCUT2D eigenvalue weighted by molar-refractivity contribution is 9.13. The van der Waals surface area contributed by atoms with Crippen molar-refractivity contribution in [3.05, 3.63) is 156 Å². The van der Waals surface area contributed by atoms with Crippen LogP contribution >= 0.6 is 55.1 Å². The fourth-order valence-electron chi connectivity index (χ4n) is 9.88. The number of pyridine rings is 1. The molecule has 18 heteroatoms. The third-order valence-electron chi connectivity index (χ3n) is 12.7. The van der Waals surface area contributed by atoms with Gasteiger partial charge in [-0.25, -0.2) is 4.98 Å². The van der Waals surface area contributed by atoms with Crippen LogP contribution in [0.4, 0.5) is 24.7 Å². The van der Waals surface area contributed by atoms with Gasteiger partial charge >= 0.3 is 6.18 Å². The summed E-state index contributed by atoms with van der Waals surface area (Å²) in [5, 5.41) is 11.6. The minimum absolute atomic E-state index is 0.00395. The number of aromatic hydroxyl groups is 1. The van der Waals surface area contributed by atoms with Gasteiger partial charge in [-0.3, -0.25) is 34.3 Å². The van der Waals surface area contributed by atoms with E-state index in [0.29, 0.717) is 50.1 Å². The van der Waals surface area contributed by atoms with Crippen molar-refractivity contribution in [2.24, 2.45) is 23.7 Å². The van der Waals surface area contributed by atoms with Gasteiger partial charge in [-0.05, 0) is 110 Å². The number of nitrogens with one attached hydrogen (secondary N) is 1. The van der Waals surface area contributed by atoms with Gasteiger partial charge in [0.2, 0.25) is 11.8 Å². The third-order valence-corrected chi connectivity index (χ3v) is 15.4. The van der Waals surface area contributed by atoms with Crippen LogP contribution in [-0.4, -0.2) is 51.6 Å². The number of hydrogen-bond donors (Lipinski definition) is 2. The topological polar surface area (TPSA) is 146 Å². The summed E-state index contributed by atoms with van der Waals surface area (Å²) in [6, 6.07) is 23.3. The Morgan fingerprint density at radius 3 is 2.20 bits per heavy atom. The second-order valence-corrected chi connectivity index (χ2v) is 18.2. The summed E-state index contributed by atoms with van der Waals surface area (Å²) in [4.78, 5) is 78.1. The summed E-state index contributed by atoms with van der Waals surface area (Å²) in [5.74, 6) is -8.71. The number of alkyl halides is 3. The van der Waals surface area contributed by atoms with Gasteiger partial charge in [0.05, 0.1) is 51.0 Å². The van der Waals surface area contributed by atoms with Gasteiger partial charge in [0.1, 0.15) is 0 Å². The molecule has 3 heterocycles. The van der Waals surface area contributed by atoms with E-state index in [9.17, 15) is 32.7 Å². The number of halogens is 7. The van der Waals surface area contributed by atoms with Gasteiger partial charge in [0.15, 0.2) is 23.1 Å². The highest BCUT2D eigenvalue weighted by Gasteiger charge is 2.71. The van der Waals surface area contributed by atoms with Crippen LogP contribution in [0.2, 0.25) is 10.0 Å². The molecule has 1 aromatic heterocycles. The SMILES string of the molecule is COc1cc([C@H]2C3=CC[C@@H]4C(=O)N(c5ccc(C(=O)c6ccccc6)cc5)C(=O)[C@@H]4[C@@H]3C[C@H]3C(=O)N(Nc4ncc(C(F)(F)F)cc4Cl)C(=O)[C@@]23c2ccc(Cl)cc2)c(Br)c(Br)c1O. The Hall–Kier alpha value is -5.55. The van der Waals surface area contributed by atoms with E-state index in [0.717, 1.165) is 4.90 Å². The third kappa shape index (κ3) is 6.74. The molecule has 3 fully saturated rings. The fraction of sp³-hybridized carbons (Fsp3) is 0.217. The first-order valence-corrected chi connectivity index (χ1v) is 22.0. The van der Waals surface area contributed by atoms with Gasteiger partial charge in [-0.15, -0.1) is 0 Å². The Bertz CT molecular complexity index is 2850. The molecule has 9 rings (SSSR count). The van der Waals surface area contributed by atoms with Crippen molar-refractivity contribution < 1.29 is 47.0 Å². The minimum atomic E-state index is -4.79. The molecule has 2 saturated heterocycles. The van der Waals surface area contributed by atoms with Crippen molar-refractivity contribution in [3.63, 3.8) is 0 Å². The summed E-state index contributed by atoms with van der Waals surface area (Å²) >= 11 is 19.8. The lowest BCUT2D eigenvalue weighted by molar-refractivity contribution is -0.139. The van der Waals surface area contributed by atoms with E-state index < -0.39 is 81.2 Å². The Labute approximate surface area is 389 Å². The minimum Gasteiger partial charge on any atom is -0.503 e. The number of phenols is 1. The molecule has 0 radical (unpaired) electrons. The zero-order valence-electron chi connectivity index (χ0n) is 33.0. The molecule has 326 valence electrons. The lowest BCUT2D eigenvalue weighted by atomic mass is 9.49. The average Bonchev–Trinajstić information content (AvgIpc) is 3.66. The molecular formula is C46H31Br2Cl2F3N4O7. The molecule has 6 atom stereocenters. The van der Waals surface area contributed by atoms with Crippen molar-refractivity contribution in [2.45, 2.75) is 30.4 Å². The fourth-order valence-corrected chi connectivity index (χ4v) is 11.2. The van der Waals surface area contributed by atoms with Gasteiger partial charge in [-0.2, -0.15) is 18.2 Å². The molecule has 64 heavy (non-hydrogen) atoms. The standard InChI is InChI=1S/C46H31Br2Cl2F3N4O7/c1-64-33-19-30(36(47)37(48)39(33)59)35-27-15-16-28-34(43(62)56(41(28)60)26-13-7-22(8-14-26)38(58)21-5-3-2-4-6-21)29(27)18-31-42(61)57(44(63)45(31,35)23-9-11-25(49)12-10-23)55-40-32(50)17-24(20-54-40)46(51,52)53/h2-15,17,19-20,28-29,31,34-35,59H,16,18H2,1H3,(H,54,55)/t28-,29+,31-,34-,35+,45+/m0/s1. The van der Waals surface area contributed by atoms with E-state index in [4.69, 9.17) is 27.9 Å². The second-order valence-electron chi connectivity index (χ2n) is 15.8. The Balaban J connectivity index is 1.19. The first-order valence-electron chi connectivity index (χ1n) is 19.6. The number of ether oxygens (including phenoxy) is 1. The highest BCUT2D eigenvalue weighted by atomic mass is 79.9. The van der Waals surface area contributed by atoms with Gasteiger partial charge < -0.3 is 9.84 Å². The van der Waals surface area contributed by atoms with Crippen molar-refractivity contribution in [1.29, 1.82) is 0 Å². The summed E-state index contributed by atoms with van der Waals surface area (Å²) in [5.41, 5.74) is 1.89. The molecule has 2 aliphatic heterocycles. The van der Waals surface area contributed by atoms with Gasteiger partial charge in [0, 0.05) is 32.7 Å². The summed E-state index contributed by atoms with van der Waals surface area (Å²) in [6.07, 6.45) is -2.51. The first kappa shape index (κ1) is 43.7. The number of hydrogen-bond acceptors (Lipinski definition) is 9. The maximum absolute atomic E-state index is 15.6. The lowest BCUT2D eigenvalue weighted by Crippen LogP contribution is -2.53. The van der Waals surface area contributed by atoms with Crippen molar-refractivity contribution in [1.82, 2.24) is 9.99 Å². The average molecular weight is 1040 g/mol. The van der Waals surface area contributed by atoms with E-state index in [1.165, 1.54) is 25.3 Å². The van der Waals surface area contributed by atoms with Crippen LogP contribution in [0.15, 0.2) is 118 Å². The van der Waals surface area contributed by atoms with Crippen LogP contribution in [0.1, 0.15) is 51.4 Å². The molecule has 4 aromatic carbocycles. The van der Waals surface area contributed by atoms with Crippen molar-refractivity contribution >= 4 is 96.0 Å². The number of aromatic nitrogens is 1. The number of carbonyl (C=O) groups is 5. The van der Waals surface area contributed by atoms with Crippen molar-refractivity contribution in [2.75, 3.05) is 17.4 Å². The number of fused-ring (bicyclic) bond motifs is 4. The number of ketones is 1. The van der Waals surface area contributed by atoms with Crippen LogP contribution in [0.5, 0.6) is 11.5 Å². The Morgan fingerprint density at radius 2 is 1.56 bits per heavy atom. The van der Waals surface area contributed by atoms with Gasteiger partial charge in [0.25, 0.3) is 11.8 Å². The van der Waals surface area contributed by atoms with Gasteiger partial charge in [-0.1, -0.05) is 77.3 Å². The smallest absolute Gasteiger partial charge is 0.417 e. The molecular weight excluding hydrogens is 1010 g/mol. The number of imide groups is 2. The normalized spacial score (nSPS) is 24.0. The molecule has 0 unspecified atom stereocenters. The second kappa shape index (κ2) is 16.2. The zero-order chi connectivity index (χ0) is 45.6. The Kier molecular flexibility index (Phi) is 11.0. The number of allylic oxidation sites excluding steroid dienone is 2. The number of phenolic OH excluding ortho intramolecular Hbond substituents is 1. The summed E-state index contributed by atoms with van der Waals surface area (Å²) < 4.78 is 46.8. The number of hydrazine groups is 1. The number of anilines is 2. The molecule has 0 spiro atoms. The molecule has 11 nitrogen and oxygen atoms in total. The first-order chi connectivity index (χ1) is 30.5. The number of methoxy groups -OCH3 is 1. The predicted octanol–water partition coefficient (Wildman–Crippen LogP) is 10.1. The molecule has 1 saturated carbocycles. The monoisotopic (exact) mass is 1040 g/mol. The van der Waals surface area contributed by atoms with E-state index in [2.05, 4.69) is 42.3 Å². The molecule has 2 aliphatic carbocycles. The maximum atomic E-state index is 15.6. The number of rotatable bonds is 8. The van der Waals surface area contributed by atoms with Crippen molar-refractivity contribution in [3.8, 4) is 11.5 Å². The van der Waals surface area contributed by atoms with E-state index in [1.54, 1.807) is 66.7 Å². The molecule has 2 N–H and O–H groups in total. The maximum Gasteiger partial charge on any atom is 0.417 e. The van der Waals surface area contributed by atoms with E-state index >= 15 is 9.59 Å². The summed E-state index contributed by atoms with van der Waals surface area (Å²) in [6.45, 7) is 0. The Morgan fingerprint density at radius 1 is 0.891 bits per heavy atom. The lowest BCUT2D eigenvalue weighted by Gasteiger charge is -2.51. The summed E-state index contributed by atoms with van der Waals surface area (Å²) in [7, 11) is 1.34. The van der Waals surface area contributed by atoms with Crippen LogP contribution in [-0.2, 0) is 30.8 Å². The molecule has 0 bridgehead atoms.